The number of aromatic nitrogens is 3. The van der Waals surface area contributed by atoms with Gasteiger partial charge in [-0.15, -0.1) is 0 Å². The maximum absolute atomic E-state index is 5.93. The molecular formula is C8H5BrClMgN3. The normalized spacial score (nSPS) is 9.57. The summed E-state index contributed by atoms with van der Waals surface area (Å²) in [6, 6.07) is 5.38. The third kappa shape index (κ3) is 2.47. The summed E-state index contributed by atoms with van der Waals surface area (Å²) in [5.41, 5.74) is 0. The fourth-order valence-electron chi connectivity index (χ4n) is 0.966. The molecule has 14 heavy (non-hydrogen) atoms. The van der Waals surface area contributed by atoms with E-state index in [0.717, 1.165) is 4.60 Å². The molecule has 0 spiro atoms. The Morgan fingerprint density at radius 2 is 2.14 bits per heavy atom. The van der Waals surface area contributed by atoms with Crippen LogP contribution in [0.5, 0.6) is 0 Å². The van der Waals surface area contributed by atoms with Crippen LogP contribution in [0.1, 0.15) is 0 Å². The first-order valence-corrected chi connectivity index (χ1v) is 4.76. The van der Waals surface area contributed by atoms with Crippen LogP contribution in [-0.2, 0) is 0 Å². The van der Waals surface area contributed by atoms with Gasteiger partial charge in [-0.2, -0.15) is 5.10 Å². The summed E-state index contributed by atoms with van der Waals surface area (Å²) in [5, 5.41) is 4.71. The number of nitrogens with zero attached hydrogens (tertiary/aromatic N) is 3. The Morgan fingerprint density at radius 3 is 2.71 bits per heavy atom. The number of hydrogen-bond donors (Lipinski definition) is 0. The molecule has 0 atom stereocenters. The van der Waals surface area contributed by atoms with Crippen LogP contribution in [0.25, 0.3) is 5.82 Å². The summed E-state index contributed by atoms with van der Waals surface area (Å²) < 4.78 is 2.38. The largest absolute Gasteiger partial charge is 0.236 e. The van der Waals surface area contributed by atoms with Gasteiger partial charge in [-0.25, -0.2) is 9.67 Å². The first-order valence-electron chi connectivity index (χ1n) is 3.59. The fourth-order valence-corrected chi connectivity index (χ4v) is 1.46. The highest BCUT2D eigenvalue weighted by molar-refractivity contribution is 9.10. The van der Waals surface area contributed by atoms with Gasteiger partial charge in [-0.1, -0.05) is 11.6 Å². The van der Waals surface area contributed by atoms with E-state index < -0.39 is 0 Å². The Bertz CT molecular complexity index is 432. The van der Waals surface area contributed by atoms with Crippen LogP contribution in [0.4, 0.5) is 0 Å². The second-order valence-electron chi connectivity index (χ2n) is 2.39. The smallest absolute Gasteiger partial charge is 0.172 e. The Morgan fingerprint density at radius 1 is 1.36 bits per heavy atom. The molecular weight excluding hydrogens is 278 g/mol. The van der Waals surface area contributed by atoms with Gasteiger partial charge in [-0.3, -0.25) is 0 Å². The molecule has 0 aromatic carbocycles. The quantitative estimate of drug-likeness (QED) is 0.752. The molecule has 68 valence electrons. The van der Waals surface area contributed by atoms with Crippen molar-refractivity contribution in [3.8, 4) is 5.82 Å². The first kappa shape index (κ1) is 12.0. The molecule has 2 heterocycles. The lowest BCUT2D eigenvalue weighted by Crippen LogP contribution is -1.98. The highest BCUT2D eigenvalue weighted by Crippen LogP contribution is 2.17. The SMILES string of the molecule is Clc1cccnc1-n1ccc(Br)n1.[Mg]. The van der Waals surface area contributed by atoms with Crippen molar-refractivity contribution >= 4 is 50.6 Å². The maximum atomic E-state index is 5.93. The highest BCUT2D eigenvalue weighted by Gasteiger charge is 2.03. The van der Waals surface area contributed by atoms with Gasteiger partial charge in [0.2, 0.25) is 0 Å². The van der Waals surface area contributed by atoms with Crippen molar-refractivity contribution < 1.29 is 0 Å². The summed E-state index contributed by atoms with van der Waals surface area (Å²) >= 11 is 9.18. The lowest BCUT2D eigenvalue weighted by molar-refractivity contribution is 0.839. The molecule has 0 bridgehead atoms. The molecule has 0 aliphatic rings. The lowest BCUT2D eigenvalue weighted by atomic mass is 10.4. The van der Waals surface area contributed by atoms with Crippen molar-refractivity contribution in [3.05, 3.63) is 40.2 Å². The number of rotatable bonds is 1. The average molecular weight is 283 g/mol. The second-order valence-corrected chi connectivity index (χ2v) is 3.61. The Balaban J connectivity index is 0.000000980. The molecule has 0 aliphatic heterocycles. The maximum Gasteiger partial charge on any atom is 0.172 e. The molecule has 0 amide bonds. The summed E-state index contributed by atoms with van der Waals surface area (Å²) in [4.78, 5) is 4.11. The predicted molar refractivity (Wildman–Crippen MR) is 59.8 cm³/mol. The van der Waals surface area contributed by atoms with E-state index in [2.05, 4.69) is 26.0 Å². The number of pyridine rings is 1. The van der Waals surface area contributed by atoms with E-state index >= 15 is 0 Å². The Hall–Kier alpha value is -0.104. The topological polar surface area (TPSA) is 30.7 Å². The molecule has 0 saturated heterocycles. The van der Waals surface area contributed by atoms with Crippen LogP contribution in [0, 0.1) is 0 Å². The van der Waals surface area contributed by atoms with Crippen LogP contribution in [0.3, 0.4) is 0 Å². The molecule has 0 saturated carbocycles. The zero-order valence-electron chi connectivity index (χ0n) is 7.19. The molecule has 0 aliphatic carbocycles. The summed E-state index contributed by atoms with van der Waals surface area (Å²) in [6.07, 6.45) is 3.47. The summed E-state index contributed by atoms with van der Waals surface area (Å²) in [6.45, 7) is 0. The molecule has 2 radical (unpaired) electrons. The third-order valence-electron chi connectivity index (χ3n) is 1.51. The predicted octanol–water partition coefficient (Wildman–Crippen LogP) is 2.30. The van der Waals surface area contributed by atoms with Crippen LogP contribution in [-0.4, -0.2) is 37.8 Å². The van der Waals surface area contributed by atoms with Crippen LogP contribution >= 0.6 is 27.5 Å². The summed E-state index contributed by atoms with van der Waals surface area (Å²) in [5.74, 6) is 0.634. The number of halogens is 2. The van der Waals surface area contributed by atoms with E-state index in [4.69, 9.17) is 11.6 Å². The van der Waals surface area contributed by atoms with E-state index in [1.807, 2.05) is 6.07 Å². The summed E-state index contributed by atoms with van der Waals surface area (Å²) in [7, 11) is 0. The average Bonchev–Trinajstić information content (AvgIpc) is 2.53. The molecule has 0 unspecified atom stereocenters. The van der Waals surface area contributed by atoms with Gasteiger partial charge in [0.1, 0.15) is 4.60 Å². The van der Waals surface area contributed by atoms with Crippen LogP contribution in [0.2, 0.25) is 5.02 Å². The van der Waals surface area contributed by atoms with E-state index in [1.165, 1.54) is 0 Å². The van der Waals surface area contributed by atoms with Gasteiger partial charge < -0.3 is 0 Å². The molecule has 6 heteroatoms. The van der Waals surface area contributed by atoms with Gasteiger partial charge >= 0.3 is 0 Å². The zero-order valence-corrected chi connectivity index (χ0v) is 10.9. The van der Waals surface area contributed by atoms with Gasteiger partial charge in [0, 0.05) is 35.4 Å². The first-order chi connectivity index (χ1) is 6.27. The van der Waals surface area contributed by atoms with E-state index in [0.29, 0.717) is 10.8 Å². The van der Waals surface area contributed by atoms with Gasteiger partial charge in [0.25, 0.3) is 0 Å². The van der Waals surface area contributed by atoms with Crippen molar-refractivity contribution in [3.63, 3.8) is 0 Å². The molecule has 2 rings (SSSR count). The second kappa shape index (κ2) is 5.11. The van der Waals surface area contributed by atoms with Crippen molar-refractivity contribution in [1.82, 2.24) is 14.8 Å². The molecule has 2 aromatic rings. The molecule has 2 aromatic heterocycles. The minimum atomic E-state index is 0. The molecule has 0 N–H and O–H groups in total. The number of hydrogen-bond acceptors (Lipinski definition) is 2. The lowest BCUT2D eigenvalue weighted by Gasteiger charge is -2.00. The van der Waals surface area contributed by atoms with Gasteiger partial charge in [-0.05, 0) is 34.1 Å². The van der Waals surface area contributed by atoms with E-state index in [1.54, 1.807) is 29.2 Å². The highest BCUT2D eigenvalue weighted by atomic mass is 79.9. The van der Waals surface area contributed by atoms with E-state index in [9.17, 15) is 0 Å². The minimum Gasteiger partial charge on any atom is -0.236 e. The monoisotopic (exact) mass is 281 g/mol. The van der Waals surface area contributed by atoms with Crippen molar-refractivity contribution in [2.45, 2.75) is 0 Å². The van der Waals surface area contributed by atoms with Crippen LogP contribution in [0.15, 0.2) is 35.2 Å². The molecule has 3 nitrogen and oxygen atoms in total. The van der Waals surface area contributed by atoms with Crippen LogP contribution < -0.4 is 0 Å². The molecule has 0 fully saturated rings. The Labute approximate surface area is 111 Å². The van der Waals surface area contributed by atoms with Crippen molar-refractivity contribution in [2.75, 3.05) is 0 Å². The standard InChI is InChI=1S/C8H5BrClN3.Mg/c9-7-3-5-13(12-7)8-6(10)2-1-4-11-8;/h1-5H;. The fraction of sp³-hybridized carbons (Fsp3) is 0. The van der Waals surface area contributed by atoms with Crippen molar-refractivity contribution in [1.29, 1.82) is 0 Å². The minimum absolute atomic E-state index is 0. The zero-order chi connectivity index (χ0) is 9.26. The van der Waals surface area contributed by atoms with Gasteiger partial charge in [0.15, 0.2) is 5.82 Å². The van der Waals surface area contributed by atoms with Gasteiger partial charge in [0.05, 0.1) is 5.02 Å². The van der Waals surface area contributed by atoms with E-state index in [-0.39, 0.29) is 23.1 Å². The third-order valence-corrected chi connectivity index (χ3v) is 2.23. The van der Waals surface area contributed by atoms with Crippen molar-refractivity contribution in [2.24, 2.45) is 0 Å². The Kier molecular flexibility index (Phi) is 4.37.